The third-order valence-corrected chi connectivity index (χ3v) is 7.53. The molecule has 1 aromatic heterocycles. The van der Waals surface area contributed by atoms with Crippen LogP contribution in [0.1, 0.15) is 61.3 Å². The first-order chi connectivity index (χ1) is 15.9. The number of carbonyl (C=O) groups is 2. The van der Waals surface area contributed by atoms with Crippen LogP contribution >= 0.6 is 0 Å². The fourth-order valence-corrected chi connectivity index (χ4v) is 5.31. The van der Waals surface area contributed by atoms with E-state index in [1.165, 1.54) is 6.42 Å². The van der Waals surface area contributed by atoms with Crippen molar-refractivity contribution in [1.82, 2.24) is 19.8 Å². The fourth-order valence-electron chi connectivity index (χ4n) is 5.31. The molecule has 1 saturated carbocycles. The third kappa shape index (κ3) is 3.81. The number of nitrogens with zero attached hydrogens (tertiary/aromatic N) is 3. The second-order valence-electron chi connectivity index (χ2n) is 10.0. The van der Waals surface area contributed by atoms with Gasteiger partial charge in [0.2, 0.25) is 5.91 Å². The van der Waals surface area contributed by atoms with Gasteiger partial charge in [0.1, 0.15) is 5.54 Å². The summed E-state index contributed by atoms with van der Waals surface area (Å²) in [6.45, 7) is 6.91. The molecule has 1 aliphatic carbocycles. The fraction of sp³-hybridized carbons (Fsp3) is 0.444. The molecule has 2 heterocycles. The number of amides is 2. The van der Waals surface area contributed by atoms with E-state index in [1.54, 1.807) is 4.90 Å². The van der Waals surface area contributed by atoms with Crippen LogP contribution in [0.5, 0.6) is 0 Å². The first-order valence-corrected chi connectivity index (χ1v) is 12.0. The monoisotopic (exact) mass is 444 g/mol. The number of imidazole rings is 1. The molecular formula is C27H32N4O2. The van der Waals surface area contributed by atoms with Crippen molar-refractivity contribution < 1.29 is 9.59 Å². The van der Waals surface area contributed by atoms with Crippen LogP contribution in [0.3, 0.4) is 0 Å². The molecule has 2 amide bonds. The smallest absolute Gasteiger partial charge is 0.291 e. The van der Waals surface area contributed by atoms with E-state index in [0.717, 1.165) is 41.4 Å². The van der Waals surface area contributed by atoms with Crippen LogP contribution in [0.4, 0.5) is 0 Å². The summed E-state index contributed by atoms with van der Waals surface area (Å²) in [5.41, 5.74) is 2.82. The zero-order chi connectivity index (χ0) is 23.2. The lowest BCUT2D eigenvalue weighted by molar-refractivity contribution is -0.134. The molecule has 0 radical (unpaired) electrons. The van der Waals surface area contributed by atoms with Crippen LogP contribution in [0.15, 0.2) is 48.5 Å². The van der Waals surface area contributed by atoms with Gasteiger partial charge in [-0.15, -0.1) is 0 Å². The maximum atomic E-state index is 13.9. The second-order valence-corrected chi connectivity index (χ2v) is 10.0. The van der Waals surface area contributed by atoms with Crippen molar-refractivity contribution in [3.05, 3.63) is 65.5 Å². The van der Waals surface area contributed by atoms with Gasteiger partial charge in [-0.05, 0) is 50.3 Å². The molecule has 6 heteroatoms. The number of benzene rings is 2. The van der Waals surface area contributed by atoms with E-state index in [0.29, 0.717) is 24.8 Å². The lowest BCUT2D eigenvalue weighted by atomic mass is 9.85. The molecule has 0 saturated heterocycles. The van der Waals surface area contributed by atoms with Crippen LogP contribution in [0.2, 0.25) is 0 Å². The van der Waals surface area contributed by atoms with E-state index in [2.05, 4.69) is 17.2 Å². The highest BCUT2D eigenvalue weighted by Crippen LogP contribution is 2.33. The predicted octanol–water partition coefficient (Wildman–Crippen LogP) is 4.45. The van der Waals surface area contributed by atoms with E-state index in [-0.39, 0.29) is 17.9 Å². The van der Waals surface area contributed by atoms with Gasteiger partial charge in [0.15, 0.2) is 5.82 Å². The minimum atomic E-state index is -1.02. The average Bonchev–Trinajstić information content (AvgIpc) is 3.18. The average molecular weight is 445 g/mol. The molecule has 5 rings (SSSR count). The van der Waals surface area contributed by atoms with Crippen LogP contribution in [-0.4, -0.2) is 37.8 Å². The Hall–Kier alpha value is -3.15. The Kier molecular flexibility index (Phi) is 5.47. The van der Waals surface area contributed by atoms with Crippen LogP contribution in [0, 0.1) is 12.8 Å². The van der Waals surface area contributed by atoms with Crippen molar-refractivity contribution in [1.29, 1.82) is 0 Å². The van der Waals surface area contributed by atoms with Gasteiger partial charge in [0.05, 0.1) is 17.6 Å². The summed E-state index contributed by atoms with van der Waals surface area (Å²) in [5, 5.41) is 3.33. The first-order valence-electron chi connectivity index (χ1n) is 12.0. The number of hydrogen-bond donors (Lipinski definition) is 1. The van der Waals surface area contributed by atoms with Crippen molar-refractivity contribution >= 4 is 22.8 Å². The van der Waals surface area contributed by atoms with Crippen LogP contribution < -0.4 is 5.32 Å². The Balaban J connectivity index is 1.54. The molecule has 2 aromatic carbocycles. The van der Waals surface area contributed by atoms with Crippen molar-refractivity contribution in [3.63, 3.8) is 0 Å². The molecule has 2 aliphatic rings. The summed E-state index contributed by atoms with van der Waals surface area (Å²) in [4.78, 5) is 34.0. The highest BCUT2D eigenvalue weighted by Gasteiger charge is 2.49. The summed E-state index contributed by atoms with van der Waals surface area (Å²) >= 11 is 0. The Morgan fingerprint density at radius 3 is 2.61 bits per heavy atom. The summed E-state index contributed by atoms with van der Waals surface area (Å²) in [5.74, 6) is 0.568. The SMILES string of the molecule is Cc1ccc(CN2C(=O)c3nc4ccccc4n3C[C@]2(C)C(=O)N[C@H]2CCCC[C@@H]2C)cc1. The number of hydrogen-bond acceptors (Lipinski definition) is 3. The molecular weight excluding hydrogens is 412 g/mol. The third-order valence-electron chi connectivity index (χ3n) is 7.53. The van der Waals surface area contributed by atoms with Gasteiger partial charge in [-0.1, -0.05) is 61.7 Å². The quantitative estimate of drug-likeness (QED) is 0.646. The van der Waals surface area contributed by atoms with Crippen molar-refractivity contribution in [2.75, 3.05) is 0 Å². The number of rotatable bonds is 4. The van der Waals surface area contributed by atoms with Gasteiger partial charge in [0.25, 0.3) is 5.91 Å². The summed E-state index contributed by atoms with van der Waals surface area (Å²) in [6, 6.07) is 16.0. The Bertz CT molecular complexity index is 1200. The molecule has 6 nitrogen and oxygen atoms in total. The molecule has 1 N–H and O–H groups in total. The van der Waals surface area contributed by atoms with Gasteiger partial charge in [-0.25, -0.2) is 4.98 Å². The maximum absolute atomic E-state index is 13.9. The molecule has 0 spiro atoms. The number of para-hydroxylation sites is 2. The van der Waals surface area contributed by atoms with E-state index < -0.39 is 5.54 Å². The first kappa shape index (κ1) is 21.7. The van der Waals surface area contributed by atoms with Gasteiger partial charge < -0.3 is 14.8 Å². The molecule has 0 bridgehead atoms. The molecule has 172 valence electrons. The molecule has 33 heavy (non-hydrogen) atoms. The largest absolute Gasteiger partial charge is 0.351 e. The van der Waals surface area contributed by atoms with Gasteiger partial charge in [0, 0.05) is 12.6 Å². The van der Waals surface area contributed by atoms with Gasteiger partial charge >= 0.3 is 0 Å². The highest BCUT2D eigenvalue weighted by molar-refractivity contribution is 6.01. The van der Waals surface area contributed by atoms with Crippen molar-refractivity contribution in [2.45, 2.75) is 71.1 Å². The summed E-state index contributed by atoms with van der Waals surface area (Å²) < 4.78 is 1.92. The number of carbonyl (C=O) groups excluding carboxylic acids is 2. The Morgan fingerprint density at radius 1 is 1.12 bits per heavy atom. The van der Waals surface area contributed by atoms with Crippen LogP contribution in [0.25, 0.3) is 11.0 Å². The minimum Gasteiger partial charge on any atom is -0.351 e. The number of aromatic nitrogens is 2. The maximum Gasteiger partial charge on any atom is 0.291 e. The molecule has 0 unspecified atom stereocenters. The number of aryl methyl sites for hydroxylation is 1. The minimum absolute atomic E-state index is 0.0786. The number of fused-ring (bicyclic) bond motifs is 3. The van der Waals surface area contributed by atoms with E-state index in [1.807, 2.05) is 66.9 Å². The van der Waals surface area contributed by atoms with E-state index in [9.17, 15) is 9.59 Å². The molecule has 3 aromatic rings. The zero-order valence-electron chi connectivity index (χ0n) is 19.7. The molecule has 3 atom stereocenters. The molecule has 1 aliphatic heterocycles. The van der Waals surface area contributed by atoms with Crippen molar-refractivity contribution in [3.8, 4) is 0 Å². The number of nitrogens with one attached hydrogen (secondary N) is 1. The Labute approximate surface area is 195 Å². The topological polar surface area (TPSA) is 67.2 Å². The normalized spacial score (nSPS) is 25.2. The Morgan fingerprint density at radius 2 is 1.85 bits per heavy atom. The summed E-state index contributed by atoms with van der Waals surface area (Å²) in [7, 11) is 0. The summed E-state index contributed by atoms with van der Waals surface area (Å²) in [6.07, 6.45) is 4.47. The highest BCUT2D eigenvalue weighted by atomic mass is 16.2. The zero-order valence-corrected chi connectivity index (χ0v) is 19.7. The standard InChI is InChI=1S/C27H32N4O2/c1-18-12-14-20(15-13-18)16-31-25(32)24-28-22-10-6-7-11-23(22)30(24)17-27(31,3)26(33)29-21-9-5-4-8-19(21)2/h6-7,10-15,19,21H,4-5,8-9,16-17H2,1-3H3,(H,29,33)/t19-,21-,27+/m0/s1. The predicted molar refractivity (Wildman–Crippen MR) is 129 cm³/mol. The van der Waals surface area contributed by atoms with E-state index in [4.69, 9.17) is 0 Å². The van der Waals surface area contributed by atoms with Crippen molar-refractivity contribution in [2.24, 2.45) is 5.92 Å². The van der Waals surface area contributed by atoms with E-state index >= 15 is 0 Å². The molecule has 1 fully saturated rings. The van der Waals surface area contributed by atoms with Crippen LogP contribution in [-0.2, 0) is 17.9 Å². The lowest BCUT2D eigenvalue weighted by Crippen LogP contribution is -2.65. The second kappa shape index (κ2) is 8.32. The lowest BCUT2D eigenvalue weighted by Gasteiger charge is -2.44. The van der Waals surface area contributed by atoms with Gasteiger partial charge in [-0.3, -0.25) is 9.59 Å². The van der Waals surface area contributed by atoms with Gasteiger partial charge in [-0.2, -0.15) is 0 Å².